The molecule has 0 saturated heterocycles. The monoisotopic (exact) mass is 266 g/mol. The maximum Gasteiger partial charge on any atom is 0.328 e. The summed E-state index contributed by atoms with van der Waals surface area (Å²) in [5.41, 5.74) is 2.49. The molecule has 8 nitrogen and oxygen atoms in total. The summed E-state index contributed by atoms with van der Waals surface area (Å²) < 4.78 is 1.15. The van der Waals surface area contributed by atoms with Crippen molar-refractivity contribution < 1.29 is 9.59 Å². The van der Waals surface area contributed by atoms with Gasteiger partial charge < -0.3 is 5.32 Å². The number of halogens is 1. The Morgan fingerprint density at radius 1 is 1.22 bits per heavy atom. The molecular formula is C9H7ClN6O2. The first-order valence-electron chi connectivity index (χ1n) is 4.74. The van der Waals surface area contributed by atoms with Gasteiger partial charge in [0.1, 0.15) is 12.7 Å². The second-order valence-electron chi connectivity index (χ2n) is 3.11. The van der Waals surface area contributed by atoms with Crippen LogP contribution < -0.4 is 10.7 Å². The van der Waals surface area contributed by atoms with E-state index in [-0.39, 0.29) is 10.8 Å². The van der Waals surface area contributed by atoms with Gasteiger partial charge in [-0.15, -0.1) is 10.2 Å². The molecular weight excluding hydrogens is 260 g/mol. The number of hydrogen-bond donors (Lipinski definition) is 2. The topological polar surface area (TPSA) is 102 Å². The highest BCUT2D eigenvalue weighted by Crippen LogP contribution is 2.16. The number of aromatic nitrogens is 4. The van der Waals surface area contributed by atoms with E-state index in [1.807, 2.05) is 0 Å². The highest BCUT2D eigenvalue weighted by molar-refractivity contribution is 6.43. The summed E-state index contributed by atoms with van der Waals surface area (Å²) in [5, 5.41) is 9.36. The number of nitrogens with one attached hydrogen (secondary N) is 2. The van der Waals surface area contributed by atoms with Crippen molar-refractivity contribution in [2.24, 2.45) is 0 Å². The number of pyridine rings is 1. The van der Waals surface area contributed by atoms with Crippen molar-refractivity contribution in [3.05, 3.63) is 36.1 Å². The van der Waals surface area contributed by atoms with Gasteiger partial charge in [0, 0.05) is 6.20 Å². The molecule has 0 saturated carbocycles. The van der Waals surface area contributed by atoms with E-state index < -0.39 is 11.8 Å². The third-order valence-corrected chi connectivity index (χ3v) is 2.16. The molecule has 18 heavy (non-hydrogen) atoms. The number of rotatable bonds is 2. The van der Waals surface area contributed by atoms with Gasteiger partial charge in [-0.05, 0) is 12.1 Å². The maximum absolute atomic E-state index is 11.5. The number of carbonyl (C=O) groups is 2. The van der Waals surface area contributed by atoms with Gasteiger partial charge in [-0.3, -0.25) is 15.0 Å². The Hall–Kier alpha value is -2.48. The summed E-state index contributed by atoms with van der Waals surface area (Å²) in [6.45, 7) is 0. The molecule has 0 unspecified atom stereocenters. The highest BCUT2D eigenvalue weighted by Gasteiger charge is 2.15. The smallest absolute Gasteiger partial charge is 0.315 e. The van der Waals surface area contributed by atoms with Crippen LogP contribution in [0.15, 0.2) is 31.0 Å². The minimum atomic E-state index is -0.880. The first kappa shape index (κ1) is 12.0. The molecule has 9 heteroatoms. The van der Waals surface area contributed by atoms with Crippen LogP contribution in [-0.4, -0.2) is 31.7 Å². The lowest BCUT2D eigenvalue weighted by Gasteiger charge is -2.06. The molecule has 2 rings (SSSR count). The number of amides is 2. The second kappa shape index (κ2) is 5.23. The summed E-state index contributed by atoms with van der Waals surface area (Å²) in [6.07, 6.45) is 3.94. The third kappa shape index (κ3) is 2.80. The minimum absolute atomic E-state index is 0.1000. The average molecular weight is 267 g/mol. The van der Waals surface area contributed by atoms with E-state index in [1.165, 1.54) is 24.9 Å². The Balaban J connectivity index is 2.00. The number of anilines is 1. The SMILES string of the molecule is O=C(Nc1cccnc1Cl)C(=O)Nn1cnnc1. The van der Waals surface area contributed by atoms with Crippen molar-refractivity contribution in [1.29, 1.82) is 0 Å². The number of nitrogens with zero attached hydrogens (tertiary/aromatic N) is 4. The van der Waals surface area contributed by atoms with Gasteiger partial charge in [-0.1, -0.05) is 11.6 Å². The van der Waals surface area contributed by atoms with Crippen LogP contribution in [0.5, 0.6) is 0 Å². The lowest BCUT2D eigenvalue weighted by Crippen LogP contribution is -2.33. The normalized spacial score (nSPS) is 9.83. The van der Waals surface area contributed by atoms with E-state index in [1.54, 1.807) is 6.07 Å². The fourth-order valence-corrected chi connectivity index (χ4v) is 1.25. The summed E-state index contributed by atoms with van der Waals surface area (Å²) in [5.74, 6) is -1.76. The predicted molar refractivity (Wildman–Crippen MR) is 62.3 cm³/mol. The zero-order valence-electron chi connectivity index (χ0n) is 8.87. The molecule has 0 atom stereocenters. The van der Waals surface area contributed by atoms with Crippen LogP contribution in [0.25, 0.3) is 0 Å². The highest BCUT2D eigenvalue weighted by atomic mass is 35.5. The number of hydrogen-bond acceptors (Lipinski definition) is 5. The molecule has 0 aliphatic carbocycles. The molecule has 2 aromatic heterocycles. The fourth-order valence-electron chi connectivity index (χ4n) is 1.08. The zero-order valence-corrected chi connectivity index (χ0v) is 9.63. The molecule has 2 heterocycles. The summed E-state index contributed by atoms with van der Waals surface area (Å²) in [4.78, 5) is 26.8. The van der Waals surface area contributed by atoms with E-state index in [2.05, 4.69) is 25.9 Å². The van der Waals surface area contributed by atoms with E-state index in [0.717, 1.165) is 4.68 Å². The predicted octanol–water partition coefficient (Wildman–Crippen LogP) is 0.0353. The standard InChI is InChI=1S/C9H7ClN6O2/c10-7-6(2-1-3-11-7)14-8(17)9(18)15-16-4-12-13-5-16/h1-5H,(H,14,17)(H,15,18). The summed E-state index contributed by atoms with van der Waals surface area (Å²) in [7, 11) is 0. The maximum atomic E-state index is 11.5. The first-order chi connectivity index (χ1) is 8.66. The Bertz CT molecular complexity index is 570. The van der Waals surface area contributed by atoms with Crippen molar-refractivity contribution in [3.8, 4) is 0 Å². The Morgan fingerprint density at radius 2 is 1.94 bits per heavy atom. The van der Waals surface area contributed by atoms with Crippen molar-refractivity contribution in [2.45, 2.75) is 0 Å². The van der Waals surface area contributed by atoms with Crippen molar-refractivity contribution >= 4 is 29.1 Å². The third-order valence-electron chi connectivity index (χ3n) is 1.86. The molecule has 0 spiro atoms. The Morgan fingerprint density at radius 3 is 2.61 bits per heavy atom. The van der Waals surface area contributed by atoms with Crippen LogP contribution in [-0.2, 0) is 9.59 Å². The molecule has 2 aromatic rings. The van der Waals surface area contributed by atoms with Crippen LogP contribution >= 0.6 is 11.6 Å². The van der Waals surface area contributed by atoms with Gasteiger partial charge in [-0.2, -0.15) is 0 Å². The molecule has 0 aliphatic heterocycles. The van der Waals surface area contributed by atoms with Crippen LogP contribution in [0, 0.1) is 0 Å². The molecule has 0 bridgehead atoms. The van der Waals surface area contributed by atoms with Crippen molar-refractivity contribution in [1.82, 2.24) is 19.9 Å². The van der Waals surface area contributed by atoms with Gasteiger partial charge in [0.15, 0.2) is 5.15 Å². The Labute approximate surface area is 106 Å². The van der Waals surface area contributed by atoms with Crippen molar-refractivity contribution in [3.63, 3.8) is 0 Å². The van der Waals surface area contributed by atoms with Gasteiger partial charge in [0.05, 0.1) is 5.69 Å². The van der Waals surface area contributed by atoms with Crippen LogP contribution in [0.3, 0.4) is 0 Å². The fraction of sp³-hybridized carbons (Fsp3) is 0. The van der Waals surface area contributed by atoms with Crippen LogP contribution in [0.1, 0.15) is 0 Å². The van der Waals surface area contributed by atoms with Gasteiger partial charge >= 0.3 is 11.8 Å². The molecule has 0 fully saturated rings. The van der Waals surface area contributed by atoms with E-state index in [4.69, 9.17) is 11.6 Å². The molecule has 0 aromatic carbocycles. The van der Waals surface area contributed by atoms with E-state index in [0.29, 0.717) is 0 Å². The Kier molecular flexibility index (Phi) is 3.49. The van der Waals surface area contributed by atoms with Crippen molar-refractivity contribution in [2.75, 3.05) is 10.7 Å². The van der Waals surface area contributed by atoms with E-state index >= 15 is 0 Å². The molecule has 2 amide bonds. The second-order valence-corrected chi connectivity index (χ2v) is 3.46. The molecule has 92 valence electrons. The van der Waals surface area contributed by atoms with E-state index in [9.17, 15) is 9.59 Å². The van der Waals surface area contributed by atoms with Gasteiger partial charge in [0.25, 0.3) is 0 Å². The summed E-state index contributed by atoms with van der Waals surface area (Å²) in [6, 6.07) is 3.11. The lowest BCUT2D eigenvalue weighted by molar-refractivity contribution is -0.133. The summed E-state index contributed by atoms with van der Waals surface area (Å²) >= 11 is 5.73. The van der Waals surface area contributed by atoms with Crippen LogP contribution in [0.2, 0.25) is 5.15 Å². The quantitative estimate of drug-likeness (QED) is 0.590. The average Bonchev–Trinajstić information content (AvgIpc) is 2.84. The lowest BCUT2D eigenvalue weighted by atomic mass is 10.4. The van der Waals surface area contributed by atoms with Gasteiger partial charge in [-0.25, -0.2) is 9.66 Å². The largest absolute Gasteiger partial charge is 0.328 e. The molecule has 0 radical (unpaired) electrons. The number of carbonyl (C=O) groups excluding carboxylic acids is 2. The van der Waals surface area contributed by atoms with Crippen LogP contribution in [0.4, 0.5) is 5.69 Å². The zero-order chi connectivity index (χ0) is 13.0. The molecule has 0 aliphatic rings. The molecule has 2 N–H and O–H groups in total. The first-order valence-corrected chi connectivity index (χ1v) is 5.12. The minimum Gasteiger partial charge on any atom is -0.315 e. The van der Waals surface area contributed by atoms with Gasteiger partial charge in [0.2, 0.25) is 0 Å².